The molecular formula is C20H16N4O4S. The molecule has 0 aliphatic heterocycles. The number of nitro groups is 1. The summed E-state index contributed by atoms with van der Waals surface area (Å²) in [6, 6.07) is 13.6. The largest absolute Gasteiger partial charge is 0.494 e. The van der Waals surface area contributed by atoms with E-state index in [1.807, 2.05) is 25.1 Å². The Morgan fingerprint density at radius 2 is 2.10 bits per heavy atom. The zero-order valence-electron chi connectivity index (χ0n) is 15.6. The molecule has 0 radical (unpaired) electrons. The molecule has 29 heavy (non-hydrogen) atoms. The van der Waals surface area contributed by atoms with E-state index in [1.54, 1.807) is 6.07 Å². The second-order valence-electron chi connectivity index (χ2n) is 6.13. The van der Waals surface area contributed by atoms with Crippen LogP contribution in [0.25, 0.3) is 10.9 Å². The van der Waals surface area contributed by atoms with E-state index in [2.05, 4.69) is 16.4 Å². The first-order valence-corrected chi connectivity index (χ1v) is 9.46. The van der Waals surface area contributed by atoms with Gasteiger partial charge in [0.25, 0.3) is 5.69 Å². The second-order valence-corrected chi connectivity index (χ2v) is 7.09. The Hall–Kier alpha value is -3.64. The van der Waals surface area contributed by atoms with E-state index < -0.39 is 4.92 Å². The first-order chi connectivity index (χ1) is 13.9. The van der Waals surface area contributed by atoms with E-state index in [1.165, 1.54) is 25.3 Å². The van der Waals surface area contributed by atoms with Crippen molar-refractivity contribution >= 4 is 39.9 Å². The predicted molar refractivity (Wildman–Crippen MR) is 110 cm³/mol. The number of anilines is 1. The van der Waals surface area contributed by atoms with Gasteiger partial charge in [-0.1, -0.05) is 23.4 Å². The van der Waals surface area contributed by atoms with E-state index in [9.17, 15) is 20.2 Å². The van der Waals surface area contributed by atoms with E-state index >= 15 is 0 Å². The van der Waals surface area contributed by atoms with Gasteiger partial charge in [-0.3, -0.25) is 14.9 Å². The third kappa shape index (κ3) is 4.62. The number of carbonyl (C=O) groups excluding carboxylic acids is 1. The Labute approximate surface area is 170 Å². The predicted octanol–water partition coefficient (Wildman–Crippen LogP) is 4.06. The molecule has 0 aliphatic rings. The maximum Gasteiger partial charge on any atom is 0.273 e. The summed E-state index contributed by atoms with van der Waals surface area (Å²) < 4.78 is 5.11. The number of pyridine rings is 1. The highest BCUT2D eigenvalue weighted by molar-refractivity contribution is 8.00. The van der Waals surface area contributed by atoms with Crippen molar-refractivity contribution in [3.05, 3.63) is 63.7 Å². The number of non-ortho nitro benzene ring substituents is 1. The van der Waals surface area contributed by atoms with Crippen LogP contribution in [0.3, 0.4) is 0 Å². The van der Waals surface area contributed by atoms with Crippen LogP contribution < -0.4 is 10.1 Å². The van der Waals surface area contributed by atoms with Crippen LogP contribution in [-0.4, -0.2) is 28.7 Å². The molecule has 0 saturated carbocycles. The topological polar surface area (TPSA) is 118 Å². The van der Waals surface area contributed by atoms with Gasteiger partial charge in [0.15, 0.2) is 0 Å². The van der Waals surface area contributed by atoms with Crippen LogP contribution in [0.5, 0.6) is 5.75 Å². The van der Waals surface area contributed by atoms with Gasteiger partial charge < -0.3 is 10.1 Å². The minimum Gasteiger partial charge on any atom is -0.494 e. The van der Waals surface area contributed by atoms with Crippen molar-refractivity contribution in [3.63, 3.8) is 0 Å². The van der Waals surface area contributed by atoms with E-state index in [-0.39, 0.29) is 23.1 Å². The average molecular weight is 408 g/mol. The maximum atomic E-state index is 12.3. The number of amides is 1. The van der Waals surface area contributed by atoms with Gasteiger partial charge in [-0.2, -0.15) is 5.26 Å². The fraction of sp³-hybridized carbons (Fsp3) is 0.150. The lowest BCUT2D eigenvalue weighted by Gasteiger charge is -2.10. The Kier molecular flexibility index (Phi) is 5.95. The third-order valence-electron chi connectivity index (χ3n) is 4.07. The zero-order valence-corrected chi connectivity index (χ0v) is 16.4. The van der Waals surface area contributed by atoms with E-state index in [0.717, 1.165) is 28.2 Å². The minimum atomic E-state index is -0.541. The van der Waals surface area contributed by atoms with Crippen LogP contribution in [0.1, 0.15) is 11.1 Å². The van der Waals surface area contributed by atoms with Crippen LogP contribution in [0.2, 0.25) is 0 Å². The highest BCUT2D eigenvalue weighted by Gasteiger charge is 2.15. The molecule has 146 valence electrons. The van der Waals surface area contributed by atoms with Crippen molar-refractivity contribution in [2.24, 2.45) is 0 Å². The second kappa shape index (κ2) is 8.58. The van der Waals surface area contributed by atoms with Crippen molar-refractivity contribution < 1.29 is 14.5 Å². The number of nitriles is 1. The molecule has 0 bridgehead atoms. The number of benzene rings is 2. The van der Waals surface area contributed by atoms with Crippen LogP contribution in [0, 0.1) is 28.4 Å². The molecule has 0 aliphatic carbocycles. The first-order valence-electron chi connectivity index (χ1n) is 8.48. The summed E-state index contributed by atoms with van der Waals surface area (Å²) >= 11 is 1.14. The number of aryl methyl sites for hydroxylation is 1. The highest BCUT2D eigenvalue weighted by atomic mass is 32.2. The summed E-state index contributed by atoms with van der Waals surface area (Å²) in [7, 11) is 1.36. The maximum absolute atomic E-state index is 12.3. The number of ether oxygens (including phenoxy) is 1. The molecule has 8 nitrogen and oxygen atoms in total. The lowest BCUT2D eigenvalue weighted by molar-refractivity contribution is -0.384. The zero-order chi connectivity index (χ0) is 21.0. The standard InChI is InChI=1S/C20H16N4O4S/c1-12-3-5-16-13(7-12)8-14(10-21)20(23-16)29-11-19(25)22-17-6-4-15(24(26)27)9-18(17)28-2/h3-9H,11H2,1-2H3,(H,22,25). The number of carbonyl (C=O) groups is 1. The summed E-state index contributed by atoms with van der Waals surface area (Å²) in [4.78, 5) is 27.2. The van der Waals surface area contributed by atoms with Crippen molar-refractivity contribution in [1.82, 2.24) is 4.98 Å². The number of methoxy groups -OCH3 is 1. The number of hydrogen-bond acceptors (Lipinski definition) is 7. The normalized spacial score (nSPS) is 10.4. The number of hydrogen-bond donors (Lipinski definition) is 1. The number of nitro benzene ring substituents is 1. The summed E-state index contributed by atoms with van der Waals surface area (Å²) in [5.41, 5.74) is 2.40. The van der Waals surface area contributed by atoms with Gasteiger partial charge in [0, 0.05) is 11.5 Å². The molecule has 0 saturated heterocycles. The molecule has 3 aromatic rings. The van der Waals surface area contributed by atoms with Crippen molar-refractivity contribution in [3.8, 4) is 11.8 Å². The summed E-state index contributed by atoms with van der Waals surface area (Å²) in [5.74, 6) is -0.148. The van der Waals surface area contributed by atoms with Crippen molar-refractivity contribution in [2.45, 2.75) is 11.9 Å². The average Bonchev–Trinajstić information content (AvgIpc) is 2.71. The lowest BCUT2D eigenvalue weighted by atomic mass is 10.1. The molecular weight excluding hydrogens is 392 g/mol. The van der Waals surface area contributed by atoms with Gasteiger partial charge in [-0.25, -0.2) is 4.98 Å². The van der Waals surface area contributed by atoms with Crippen LogP contribution in [0.15, 0.2) is 47.5 Å². The van der Waals surface area contributed by atoms with E-state index in [0.29, 0.717) is 16.3 Å². The summed E-state index contributed by atoms with van der Waals surface area (Å²) in [5, 5.41) is 24.3. The molecule has 9 heteroatoms. The minimum absolute atomic E-state index is 0.0131. The number of nitrogens with zero attached hydrogens (tertiary/aromatic N) is 3. The molecule has 3 rings (SSSR count). The molecule has 0 spiro atoms. The number of aromatic nitrogens is 1. The Morgan fingerprint density at radius 3 is 2.79 bits per heavy atom. The highest BCUT2D eigenvalue weighted by Crippen LogP contribution is 2.30. The summed E-state index contributed by atoms with van der Waals surface area (Å²) in [6.07, 6.45) is 0. The van der Waals surface area contributed by atoms with Crippen LogP contribution in [0.4, 0.5) is 11.4 Å². The number of fused-ring (bicyclic) bond motifs is 1. The Balaban J connectivity index is 1.75. The fourth-order valence-electron chi connectivity index (χ4n) is 2.69. The first kappa shape index (κ1) is 20.1. The van der Waals surface area contributed by atoms with Gasteiger partial charge in [0.1, 0.15) is 16.8 Å². The van der Waals surface area contributed by atoms with Crippen LogP contribution in [-0.2, 0) is 4.79 Å². The quantitative estimate of drug-likeness (QED) is 0.371. The summed E-state index contributed by atoms with van der Waals surface area (Å²) in [6.45, 7) is 1.96. The fourth-order valence-corrected chi connectivity index (χ4v) is 3.45. The van der Waals surface area contributed by atoms with Gasteiger partial charge >= 0.3 is 0 Å². The van der Waals surface area contributed by atoms with E-state index in [4.69, 9.17) is 4.74 Å². The monoisotopic (exact) mass is 408 g/mol. The molecule has 1 aromatic heterocycles. The van der Waals surface area contributed by atoms with Crippen molar-refractivity contribution in [1.29, 1.82) is 5.26 Å². The molecule has 1 amide bonds. The molecule has 1 heterocycles. The number of rotatable bonds is 6. The van der Waals surface area contributed by atoms with Crippen LogP contribution >= 0.6 is 11.8 Å². The van der Waals surface area contributed by atoms with Crippen molar-refractivity contribution in [2.75, 3.05) is 18.2 Å². The lowest BCUT2D eigenvalue weighted by Crippen LogP contribution is -2.15. The number of nitrogens with one attached hydrogen (secondary N) is 1. The van der Waals surface area contributed by atoms with Gasteiger partial charge in [-0.05, 0) is 31.2 Å². The van der Waals surface area contributed by atoms with Gasteiger partial charge in [-0.15, -0.1) is 0 Å². The molecule has 0 unspecified atom stereocenters. The Bertz CT molecular complexity index is 1160. The molecule has 2 aromatic carbocycles. The third-order valence-corrected chi connectivity index (χ3v) is 5.06. The molecule has 0 fully saturated rings. The Morgan fingerprint density at radius 1 is 1.31 bits per heavy atom. The number of thioether (sulfide) groups is 1. The van der Waals surface area contributed by atoms with Gasteiger partial charge in [0.2, 0.25) is 5.91 Å². The SMILES string of the molecule is COc1cc([N+](=O)[O-])ccc1NC(=O)CSc1nc2ccc(C)cc2cc1C#N. The van der Waals surface area contributed by atoms with Gasteiger partial charge in [0.05, 0.1) is 40.6 Å². The smallest absolute Gasteiger partial charge is 0.273 e. The molecule has 0 atom stereocenters. The molecule has 1 N–H and O–H groups in total.